The Morgan fingerprint density at radius 3 is 3.00 bits per heavy atom. The number of nitrogens with one attached hydrogen (secondary N) is 1. The first-order chi connectivity index (χ1) is 7.25. The van der Waals surface area contributed by atoms with Crippen LogP contribution in [0.1, 0.15) is 13.3 Å². The van der Waals surface area contributed by atoms with Gasteiger partial charge in [0.2, 0.25) is 0 Å². The molecule has 0 saturated heterocycles. The number of thiazole rings is 1. The average Bonchev–Trinajstić information content (AvgIpc) is 2.59. The number of hydrogen-bond acceptors (Lipinski definition) is 4. The number of hydrogen-bond donors (Lipinski definition) is 1. The second-order valence-electron chi connectivity index (χ2n) is 3.37. The lowest BCUT2D eigenvalue weighted by Gasteiger charge is -1.97. The molecule has 0 amide bonds. The predicted octanol–water partition coefficient (Wildman–Crippen LogP) is 2.69. The third-order valence-electron chi connectivity index (χ3n) is 2.05. The summed E-state index contributed by atoms with van der Waals surface area (Å²) in [5.74, 6) is 0.198. The molecule has 0 unspecified atom stereocenters. The summed E-state index contributed by atoms with van der Waals surface area (Å²) in [5.41, 5.74) is 1.01. The molecule has 1 heterocycles. The molecule has 0 bridgehead atoms. The predicted molar refractivity (Wildman–Crippen MR) is 63.4 cm³/mol. The lowest BCUT2D eigenvalue weighted by molar-refractivity contribution is -0.116. The first-order valence-electron chi connectivity index (χ1n) is 4.84. The molecule has 3 nitrogen and oxygen atoms in total. The molecule has 1 aromatic carbocycles. The van der Waals surface area contributed by atoms with Gasteiger partial charge >= 0.3 is 0 Å². The summed E-state index contributed by atoms with van der Waals surface area (Å²) < 4.78 is 1.17. The number of ketones is 1. The van der Waals surface area contributed by atoms with E-state index in [1.54, 1.807) is 18.3 Å². The molecule has 15 heavy (non-hydrogen) atoms. The SMILES string of the molecule is CC(=O)CCNc1nc2ccccc2s1. The molecule has 0 spiro atoms. The molecule has 2 rings (SSSR count). The van der Waals surface area contributed by atoms with Crippen LogP contribution in [0.4, 0.5) is 5.13 Å². The molecule has 4 heteroatoms. The fourth-order valence-corrected chi connectivity index (χ4v) is 2.18. The number of para-hydroxylation sites is 1. The molecule has 0 radical (unpaired) electrons. The molecule has 78 valence electrons. The maximum absolute atomic E-state index is 10.7. The van der Waals surface area contributed by atoms with E-state index < -0.39 is 0 Å². The minimum absolute atomic E-state index is 0.198. The van der Waals surface area contributed by atoms with Crippen LogP contribution in [0.2, 0.25) is 0 Å². The van der Waals surface area contributed by atoms with E-state index in [2.05, 4.69) is 10.3 Å². The number of nitrogens with zero attached hydrogens (tertiary/aromatic N) is 1. The van der Waals surface area contributed by atoms with Crippen molar-refractivity contribution in [2.75, 3.05) is 11.9 Å². The second-order valence-corrected chi connectivity index (χ2v) is 4.40. The van der Waals surface area contributed by atoms with Gasteiger partial charge in [-0.2, -0.15) is 0 Å². The monoisotopic (exact) mass is 220 g/mol. The third kappa shape index (κ3) is 2.53. The zero-order chi connectivity index (χ0) is 10.7. The van der Waals surface area contributed by atoms with Gasteiger partial charge in [-0.05, 0) is 19.1 Å². The van der Waals surface area contributed by atoms with Crippen LogP contribution in [0.15, 0.2) is 24.3 Å². The van der Waals surface area contributed by atoms with E-state index in [1.165, 1.54) is 4.70 Å². The smallest absolute Gasteiger partial charge is 0.183 e. The van der Waals surface area contributed by atoms with Crippen LogP contribution in [0.3, 0.4) is 0 Å². The Kier molecular flexibility index (Phi) is 2.97. The summed E-state index contributed by atoms with van der Waals surface area (Å²) in [7, 11) is 0. The van der Waals surface area contributed by atoms with Gasteiger partial charge < -0.3 is 5.32 Å². The average molecular weight is 220 g/mol. The van der Waals surface area contributed by atoms with Crippen LogP contribution in [-0.2, 0) is 4.79 Å². The number of carbonyl (C=O) groups is 1. The molecule has 1 aromatic heterocycles. The van der Waals surface area contributed by atoms with Crippen molar-refractivity contribution in [1.29, 1.82) is 0 Å². The molecule has 2 aromatic rings. The minimum Gasteiger partial charge on any atom is -0.361 e. The van der Waals surface area contributed by atoms with Crippen molar-refractivity contribution < 1.29 is 4.79 Å². The third-order valence-corrected chi connectivity index (χ3v) is 3.04. The van der Waals surface area contributed by atoms with E-state index >= 15 is 0 Å². The van der Waals surface area contributed by atoms with E-state index in [1.807, 2.05) is 24.3 Å². The number of Topliss-reactive ketones (excluding diaryl/α,β-unsaturated/α-hetero) is 1. The maximum Gasteiger partial charge on any atom is 0.183 e. The number of aromatic nitrogens is 1. The zero-order valence-electron chi connectivity index (χ0n) is 8.49. The van der Waals surface area contributed by atoms with E-state index in [0.717, 1.165) is 10.6 Å². The summed E-state index contributed by atoms with van der Waals surface area (Å²) in [6.07, 6.45) is 0.552. The van der Waals surface area contributed by atoms with Gasteiger partial charge in [0.25, 0.3) is 0 Å². The van der Waals surface area contributed by atoms with Crippen molar-refractivity contribution in [3.05, 3.63) is 24.3 Å². The lowest BCUT2D eigenvalue weighted by atomic mass is 10.3. The van der Waals surface area contributed by atoms with E-state index in [0.29, 0.717) is 13.0 Å². The molecule has 0 fully saturated rings. The van der Waals surface area contributed by atoms with Crippen LogP contribution < -0.4 is 5.32 Å². The van der Waals surface area contributed by atoms with Gasteiger partial charge in [-0.1, -0.05) is 23.5 Å². The van der Waals surface area contributed by atoms with Gasteiger partial charge in [-0.25, -0.2) is 4.98 Å². The van der Waals surface area contributed by atoms with E-state index in [-0.39, 0.29) is 5.78 Å². The summed E-state index contributed by atoms with van der Waals surface area (Å²) in [5, 5.41) is 4.04. The highest BCUT2D eigenvalue weighted by Crippen LogP contribution is 2.25. The highest BCUT2D eigenvalue weighted by atomic mass is 32.1. The summed E-state index contributed by atoms with van der Waals surface area (Å²) in [4.78, 5) is 15.2. The Morgan fingerprint density at radius 2 is 2.27 bits per heavy atom. The molecule has 0 aliphatic heterocycles. The fourth-order valence-electron chi connectivity index (χ4n) is 1.29. The van der Waals surface area contributed by atoms with Gasteiger partial charge in [0, 0.05) is 13.0 Å². The molecule has 0 saturated carbocycles. The van der Waals surface area contributed by atoms with Crippen LogP contribution in [-0.4, -0.2) is 17.3 Å². The molecule has 0 aliphatic carbocycles. The molecular formula is C11H12N2OS. The van der Waals surface area contributed by atoms with Crippen LogP contribution >= 0.6 is 11.3 Å². The van der Waals surface area contributed by atoms with Gasteiger partial charge in [0.15, 0.2) is 5.13 Å². The van der Waals surface area contributed by atoms with Crippen molar-refractivity contribution >= 4 is 32.5 Å². The van der Waals surface area contributed by atoms with Gasteiger partial charge in [0.05, 0.1) is 10.2 Å². The number of carbonyl (C=O) groups excluding carboxylic acids is 1. The zero-order valence-corrected chi connectivity index (χ0v) is 9.30. The van der Waals surface area contributed by atoms with Gasteiger partial charge in [-0.3, -0.25) is 4.79 Å². The van der Waals surface area contributed by atoms with Gasteiger partial charge in [0.1, 0.15) is 5.78 Å². The molecule has 0 aliphatic rings. The van der Waals surface area contributed by atoms with Crippen LogP contribution in [0, 0.1) is 0 Å². The molecule has 0 atom stereocenters. The number of fused-ring (bicyclic) bond motifs is 1. The Bertz CT molecular complexity index is 445. The highest BCUT2D eigenvalue weighted by Gasteiger charge is 2.01. The Morgan fingerprint density at radius 1 is 1.47 bits per heavy atom. The molecular weight excluding hydrogens is 208 g/mol. The Balaban J connectivity index is 2.05. The maximum atomic E-state index is 10.7. The Labute approximate surface area is 92.1 Å². The molecule has 1 N–H and O–H groups in total. The normalized spacial score (nSPS) is 10.5. The van der Waals surface area contributed by atoms with Crippen LogP contribution in [0.25, 0.3) is 10.2 Å². The number of benzene rings is 1. The standard InChI is InChI=1S/C11H12N2OS/c1-8(14)6-7-12-11-13-9-4-2-3-5-10(9)15-11/h2-5H,6-7H2,1H3,(H,12,13). The summed E-state index contributed by atoms with van der Waals surface area (Å²) in [6.45, 7) is 2.26. The highest BCUT2D eigenvalue weighted by molar-refractivity contribution is 7.22. The first kappa shape index (κ1) is 10.1. The van der Waals surface area contributed by atoms with Crippen LogP contribution in [0.5, 0.6) is 0 Å². The second kappa shape index (κ2) is 4.40. The quantitative estimate of drug-likeness (QED) is 0.861. The van der Waals surface area contributed by atoms with Crippen molar-refractivity contribution in [2.24, 2.45) is 0 Å². The summed E-state index contributed by atoms with van der Waals surface area (Å²) >= 11 is 1.62. The van der Waals surface area contributed by atoms with Crippen molar-refractivity contribution in [3.8, 4) is 0 Å². The van der Waals surface area contributed by atoms with Crippen molar-refractivity contribution in [2.45, 2.75) is 13.3 Å². The fraction of sp³-hybridized carbons (Fsp3) is 0.273. The number of anilines is 1. The topological polar surface area (TPSA) is 42.0 Å². The first-order valence-corrected chi connectivity index (χ1v) is 5.66. The van der Waals surface area contributed by atoms with Crippen molar-refractivity contribution in [1.82, 2.24) is 4.98 Å². The van der Waals surface area contributed by atoms with Gasteiger partial charge in [-0.15, -0.1) is 0 Å². The van der Waals surface area contributed by atoms with E-state index in [4.69, 9.17) is 0 Å². The van der Waals surface area contributed by atoms with Crippen molar-refractivity contribution in [3.63, 3.8) is 0 Å². The largest absolute Gasteiger partial charge is 0.361 e. The summed E-state index contributed by atoms with van der Waals surface area (Å²) in [6, 6.07) is 8.01. The lowest BCUT2D eigenvalue weighted by Crippen LogP contribution is -2.05. The van der Waals surface area contributed by atoms with E-state index in [9.17, 15) is 4.79 Å². The Hall–Kier alpha value is -1.42. The minimum atomic E-state index is 0.198. The number of rotatable bonds is 4.